The number of Topliss-reactive ketones (excluding diaryl/α,β-unsaturated/α-hetero) is 1. The summed E-state index contributed by atoms with van der Waals surface area (Å²) in [6.07, 6.45) is 2.98. The van der Waals surface area contributed by atoms with E-state index in [1.807, 2.05) is 6.07 Å². The molecular formula is C17H21NO3. The zero-order valence-corrected chi connectivity index (χ0v) is 12.3. The van der Waals surface area contributed by atoms with Crippen LogP contribution in [0.3, 0.4) is 0 Å². The summed E-state index contributed by atoms with van der Waals surface area (Å²) in [4.78, 5) is 25.7. The van der Waals surface area contributed by atoms with Crippen molar-refractivity contribution in [3.8, 4) is 0 Å². The highest BCUT2D eigenvalue weighted by Crippen LogP contribution is 2.41. The number of carbonyl (C=O) groups is 2. The summed E-state index contributed by atoms with van der Waals surface area (Å²) in [6, 6.07) is 10.5. The number of nitrogens with zero attached hydrogens (tertiary/aromatic N) is 1. The minimum Gasteiger partial charge on any atom is -0.468 e. The molecule has 0 bridgehead atoms. The molecule has 21 heavy (non-hydrogen) atoms. The van der Waals surface area contributed by atoms with Gasteiger partial charge in [-0.3, -0.25) is 14.5 Å². The van der Waals surface area contributed by atoms with Crippen LogP contribution in [0.15, 0.2) is 30.3 Å². The summed E-state index contributed by atoms with van der Waals surface area (Å²) in [5.74, 6) is 0.471. The topological polar surface area (TPSA) is 46.6 Å². The van der Waals surface area contributed by atoms with Gasteiger partial charge >= 0.3 is 5.97 Å². The van der Waals surface area contributed by atoms with E-state index >= 15 is 0 Å². The van der Waals surface area contributed by atoms with Gasteiger partial charge in [0.15, 0.2) is 0 Å². The summed E-state index contributed by atoms with van der Waals surface area (Å²) in [5.41, 5.74) is 1.37. The van der Waals surface area contributed by atoms with Gasteiger partial charge in [0.05, 0.1) is 7.11 Å². The summed E-state index contributed by atoms with van der Waals surface area (Å²) >= 11 is 0. The Morgan fingerprint density at radius 3 is 2.62 bits per heavy atom. The minimum absolute atomic E-state index is 0.167. The maximum absolute atomic E-state index is 11.9. The lowest BCUT2D eigenvalue weighted by Crippen LogP contribution is -2.55. The van der Waals surface area contributed by atoms with Crippen molar-refractivity contribution in [2.75, 3.05) is 13.7 Å². The molecule has 1 saturated heterocycles. The summed E-state index contributed by atoms with van der Waals surface area (Å²) in [7, 11) is 1.40. The zero-order valence-electron chi connectivity index (χ0n) is 12.3. The Kier molecular flexibility index (Phi) is 4.06. The number of hydrogen-bond donors (Lipinski definition) is 0. The lowest BCUT2D eigenvalue weighted by molar-refractivity contribution is -0.153. The highest BCUT2D eigenvalue weighted by Gasteiger charge is 2.42. The van der Waals surface area contributed by atoms with Crippen LogP contribution < -0.4 is 0 Å². The highest BCUT2D eigenvalue weighted by atomic mass is 16.5. The molecule has 1 saturated carbocycles. The summed E-state index contributed by atoms with van der Waals surface area (Å²) in [5, 5.41) is 0. The van der Waals surface area contributed by atoms with Crippen molar-refractivity contribution in [3.63, 3.8) is 0 Å². The van der Waals surface area contributed by atoms with Crippen LogP contribution in [0.25, 0.3) is 0 Å². The standard InChI is InChI=1S/C17H21NO3/c1-21-17(20)16-11-15(19)7-8-18(16)14-9-13(10-14)12-5-3-2-4-6-12/h2-6,13-14,16H,7-11H2,1H3. The lowest BCUT2D eigenvalue weighted by atomic mass is 9.74. The number of esters is 1. The van der Waals surface area contributed by atoms with Crippen molar-refractivity contribution in [1.29, 1.82) is 0 Å². The van der Waals surface area contributed by atoms with Gasteiger partial charge in [-0.05, 0) is 24.3 Å². The number of ether oxygens (including phenoxy) is 1. The van der Waals surface area contributed by atoms with Gasteiger partial charge in [0, 0.05) is 25.4 Å². The van der Waals surface area contributed by atoms with E-state index in [1.165, 1.54) is 12.7 Å². The first-order valence-electron chi connectivity index (χ1n) is 7.59. The number of hydrogen-bond acceptors (Lipinski definition) is 4. The maximum Gasteiger partial charge on any atom is 0.323 e. The molecular weight excluding hydrogens is 266 g/mol. The average molecular weight is 287 g/mol. The van der Waals surface area contributed by atoms with Crippen molar-refractivity contribution in [3.05, 3.63) is 35.9 Å². The Balaban J connectivity index is 1.64. The quantitative estimate of drug-likeness (QED) is 0.799. The van der Waals surface area contributed by atoms with Gasteiger partial charge in [0.1, 0.15) is 11.8 Å². The van der Waals surface area contributed by atoms with Gasteiger partial charge in [-0.25, -0.2) is 0 Å². The largest absolute Gasteiger partial charge is 0.468 e. The molecule has 4 nitrogen and oxygen atoms in total. The molecule has 1 aliphatic carbocycles. The third-order valence-corrected chi connectivity index (χ3v) is 4.80. The summed E-state index contributed by atoms with van der Waals surface area (Å²) < 4.78 is 4.87. The molecule has 0 N–H and O–H groups in total. The predicted octanol–water partition coefficient (Wildman–Crippen LogP) is 2.14. The second-order valence-corrected chi connectivity index (χ2v) is 6.00. The fourth-order valence-electron chi connectivity index (χ4n) is 3.49. The van der Waals surface area contributed by atoms with E-state index < -0.39 is 0 Å². The zero-order chi connectivity index (χ0) is 14.8. The Morgan fingerprint density at radius 2 is 1.95 bits per heavy atom. The number of ketones is 1. The molecule has 2 aliphatic rings. The van der Waals surface area contributed by atoms with Crippen molar-refractivity contribution in [2.45, 2.75) is 43.7 Å². The Morgan fingerprint density at radius 1 is 1.24 bits per heavy atom. The maximum atomic E-state index is 11.9. The highest BCUT2D eigenvalue weighted by molar-refractivity contribution is 5.87. The van der Waals surface area contributed by atoms with Gasteiger partial charge in [-0.2, -0.15) is 0 Å². The van der Waals surface area contributed by atoms with Crippen LogP contribution in [0.4, 0.5) is 0 Å². The van der Waals surface area contributed by atoms with Gasteiger partial charge in [0.25, 0.3) is 0 Å². The number of piperidine rings is 1. The van der Waals surface area contributed by atoms with Crippen molar-refractivity contribution in [1.82, 2.24) is 4.90 Å². The minimum atomic E-state index is -0.377. The number of likely N-dealkylation sites (tertiary alicyclic amines) is 1. The fraction of sp³-hybridized carbons (Fsp3) is 0.529. The Labute approximate surface area is 125 Å². The average Bonchev–Trinajstić information content (AvgIpc) is 2.47. The van der Waals surface area contributed by atoms with E-state index in [1.54, 1.807) is 0 Å². The smallest absolute Gasteiger partial charge is 0.323 e. The van der Waals surface area contributed by atoms with E-state index in [-0.39, 0.29) is 17.8 Å². The van der Waals surface area contributed by atoms with Crippen molar-refractivity contribution in [2.24, 2.45) is 0 Å². The molecule has 0 aromatic heterocycles. The number of methoxy groups -OCH3 is 1. The van der Waals surface area contributed by atoms with Crippen LogP contribution in [0, 0.1) is 0 Å². The first-order chi connectivity index (χ1) is 10.2. The van der Waals surface area contributed by atoms with Crippen LogP contribution in [-0.4, -0.2) is 42.4 Å². The summed E-state index contributed by atoms with van der Waals surface area (Å²) in [6.45, 7) is 0.685. The number of carbonyl (C=O) groups excluding carboxylic acids is 2. The third-order valence-electron chi connectivity index (χ3n) is 4.80. The van der Waals surface area contributed by atoms with E-state index in [2.05, 4.69) is 29.2 Å². The molecule has 1 atom stereocenters. The lowest BCUT2D eigenvalue weighted by Gasteiger charge is -2.47. The van der Waals surface area contributed by atoms with Crippen LogP contribution in [-0.2, 0) is 14.3 Å². The molecule has 1 heterocycles. The monoisotopic (exact) mass is 287 g/mol. The molecule has 0 radical (unpaired) electrons. The molecule has 1 aromatic carbocycles. The van der Waals surface area contributed by atoms with Crippen LogP contribution in [0.2, 0.25) is 0 Å². The number of rotatable bonds is 3. The molecule has 4 heteroatoms. The number of benzene rings is 1. The molecule has 3 rings (SSSR count). The van der Waals surface area contributed by atoms with Gasteiger partial charge in [0.2, 0.25) is 0 Å². The molecule has 0 amide bonds. The third kappa shape index (κ3) is 2.86. The molecule has 1 unspecified atom stereocenters. The van der Waals surface area contributed by atoms with E-state index in [9.17, 15) is 9.59 Å². The fourth-order valence-corrected chi connectivity index (χ4v) is 3.49. The molecule has 2 fully saturated rings. The predicted molar refractivity (Wildman–Crippen MR) is 79.0 cm³/mol. The first kappa shape index (κ1) is 14.3. The van der Waals surface area contributed by atoms with Crippen LogP contribution in [0.5, 0.6) is 0 Å². The van der Waals surface area contributed by atoms with E-state index in [0.717, 1.165) is 12.8 Å². The molecule has 1 aromatic rings. The normalized spacial score (nSPS) is 29.8. The first-order valence-corrected chi connectivity index (χ1v) is 7.59. The van der Waals surface area contributed by atoms with E-state index in [0.29, 0.717) is 31.3 Å². The van der Waals surface area contributed by atoms with Gasteiger partial charge in [-0.15, -0.1) is 0 Å². The van der Waals surface area contributed by atoms with Crippen LogP contribution in [0.1, 0.15) is 37.2 Å². The second kappa shape index (κ2) is 5.98. The SMILES string of the molecule is COC(=O)C1CC(=O)CCN1C1CC(c2ccccc2)C1. The van der Waals surface area contributed by atoms with Gasteiger partial charge in [-0.1, -0.05) is 30.3 Å². The van der Waals surface area contributed by atoms with Gasteiger partial charge < -0.3 is 4.74 Å². The van der Waals surface area contributed by atoms with E-state index in [4.69, 9.17) is 4.74 Å². The molecule has 112 valence electrons. The van der Waals surface area contributed by atoms with Crippen LogP contribution >= 0.6 is 0 Å². The Hall–Kier alpha value is -1.68. The Bertz CT molecular complexity index is 522. The second-order valence-electron chi connectivity index (χ2n) is 6.00. The van der Waals surface area contributed by atoms with Crippen molar-refractivity contribution >= 4 is 11.8 Å². The molecule has 0 spiro atoms. The van der Waals surface area contributed by atoms with Crippen molar-refractivity contribution < 1.29 is 14.3 Å². The molecule has 1 aliphatic heterocycles.